The lowest BCUT2D eigenvalue weighted by atomic mass is 10.1. The van der Waals surface area contributed by atoms with Crippen molar-refractivity contribution in [2.45, 2.75) is 29.9 Å². The zero-order valence-electron chi connectivity index (χ0n) is 13.8. The lowest BCUT2D eigenvalue weighted by Crippen LogP contribution is -2.09. The van der Waals surface area contributed by atoms with Crippen molar-refractivity contribution in [3.63, 3.8) is 0 Å². The number of hydrogen-bond acceptors (Lipinski definition) is 4. The second-order valence-corrected chi connectivity index (χ2v) is 7.28. The maximum atomic E-state index is 11.9. The summed E-state index contributed by atoms with van der Waals surface area (Å²) < 4.78 is 5.25. The molecule has 2 atom stereocenters. The maximum absolute atomic E-state index is 11.9. The first-order valence-electron chi connectivity index (χ1n) is 8.28. The number of nitrogens with zero attached hydrogens (tertiary/aromatic N) is 1. The van der Waals surface area contributed by atoms with Crippen molar-refractivity contribution in [2.24, 2.45) is 0 Å². The number of cyclic esters (lactones) is 1. The van der Waals surface area contributed by atoms with Crippen molar-refractivity contribution in [1.82, 2.24) is 9.97 Å². The van der Waals surface area contributed by atoms with E-state index in [4.69, 9.17) is 9.72 Å². The van der Waals surface area contributed by atoms with Gasteiger partial charge in [0.15, 0.2) is 5.16 Å². The van der Waals surface area contributed by atoms with Gasteiger partial charge in [0.2, 0.25) is 0 Å². The van der Waals surface area contributed by atoms with Gasteiger partial charge in [-0.2, -0.15) is 0 Å². The highest BCUT2D eigenvalue weighted by Gasteiger charge is 2.33. The molecule has 0 amide bonds. The molecule has 0 radical (unpaired) electrons. The molecule has 1 N–H and O–H groups in total. The van der Waals surface area contributed by atoms with Crippen molar-refractivity contribution >= 4 is 17.7 Å². The zero-order valence-corrected chi connectivity index (χ0v) is 14.6. The Balaban J connectivity index is 1.72. The third-order valence-electron chi connectivity index (χ3n) is 4.17. The molecular formula is C20H18N2O2S. The summed E-state index contributed by atoms with van der Waals surface area (Å²) >= 11 is 1.45. The van der Waals surface area contributed by atoms with Crippen LogP contribution < -0.4 is 0 Å². The lowest BCUT2D eigenvalue weighted by molar-refractivity contribution is -0.140. The van der Waals surface area contributed by atoms with Crippen LogP contribution in [-0.2, 0) is 9.53 Å². The van der Waals surface area contributed by atoms with Gasteiger partial charge in [0.25, 0.3) is 0 Å². The van der Waals surface area contributed by atoms with Gasteiger partial charge in [-0.25, -0.2) is 4.98 Å². The van der Waals surface area contributed by atoms with E-state index >= 15 is 0 Å². The lowest BCUT2D eigenvalue weighted by Gasteiger charge is -2.02. The second kappa shape index (κ2) is 6.76. The Morgan fingerprint density at radius 2 is 1.68 bits per heavy atom. The number of H-pyrrole nitrogens is 1. The summed E-state index contributed by atoms with van der Waals surface area (Å²) in [6, 6.07) is 20.2. The summed E-state index contributed by atoms with van der Waals surface area (Å²) in [5.41, 5.74) is 3.98. The number of rotatable bonds is 4. The zero-order chi connectivity index (χ0) is 17.2. The highest BCUT2D eigenvalue weighted by Crippen LogP contribution is 2.36. The number of aromatic nitrogens is 2. The Hall–Kier alpha value is -2.53. The van der Waals surface area contributed by atoms with Crippen LogP contribution in [0.3, 0.4) is 0 Å². The van der Waals surface area contributed by atoms with Crippen LogP contribution in [0.25, 0.3) is 22.5 Å². The van der Waals surface area contributed by atoms with Crippen molar-refractivity contribution in [2.75, 3.05) is 0 Å². The van der Waals surface area contributed by atoms with Gasteiger partial charge in [-0.1, -0.05) is 72.4 Å². The molecule has 2 unspecified atom stereocenters. The van der Waals surface area contributed by atoms with Crippen LogP contribution >= 0.6 is 11.8 Å². The van der Waals surface area contributed by atoms with Crippen molar-refractivity contribution < 1.29 is 9.53 Å². The van der Waals surface area contributed by atoms with Gasteiger partial charge in [-0.05, 0) is 6.92 Å². The molecule has 0 bridgehead atoms. The molecular weight excluding hydrogens is 332 g/mol. The average Bonchev–Trinajstić information content (AvgIpc) is 3.20. The number of ether oxygens (including phenoxy) is 1. The van der Waals surface area contributed by atoms with Crippen LogP contribution in [0.5, 0.6) is 0 Å². The summed E-state index contributed by atoms with van der Waals surface area (Å²) in [4.78, 5) is 20.1. The van der Waals surface area contributed by atoms with Gasteiger partial charge >= 0.3 is 5.97 Å². The summed E-state index contributed by atoms with van der Waals surface area (Å²) in [7, 11) is 0. The molecule has 2 aromatic carbocycles. The average molecular weight is 350 g/mol. The standard InChI is InChI=1S/C20H18N2O2S/c1-13-12-16(19(23)24-13)25-20-21-17(14-8-4-2-5-9-14)18(22-20)15-10-6-3-7-11-15/h2-11,13,16H,12H2,1H3,(H,21,22). The maximum Gasteiger partial charge on any atom is 0.319 e. The van der Waals surface area contributed by atoms with E-state index < -0.39 is 0 Å². The summed E-state index contributed by atoms with van der Waals surface area (Å²) in [6.07, 6.45) is 0.688. The van der Waals surface area contributed by atoms with E-state index in [2.05, 4.69) is 17.1 Å². The molecule has 1 fully saturated rings. The fourth-order valence-corrected chi connectivity index (χ4v) is 4.07. The van der Waals surface area contributed by atoms with E-state index in [1.807, 2.05) is 55.5 Å². The predicted molar refractivity (Wildman–Crippen MR) is 99.3 cm³/mol. The summed E-state index contributed by atoms with van der Waals surface area (Å²) in [6.45, 7) is 1.92. The first-order valence-corrected chi connectivity index (χ1v) is 9.16. The summed E-state index contributed by atoms with van der Waals surface area (Å²) in [5, 5.41) is 0.544. The topological polar surface area (TPSA) is 55.0 Å². The Labute approximate surface area is 150 Å². The van der Waals surface area contributed by atoms with Crippen LogP contribution in [0.4, 0.5) is 0 Å². The number of nitrogens with one attached hydrogen (secondary N) is 1. The Kier molecular flexibility index (Phi) is 4.32. The summed E-state index contributed by atoms with van der Waals surface area (Å²) in [5.74, 6) is -0.156. The molecule has 1 aliphatic rings. The highest BCUT2D eigenvalue weighted by atomic mass is 32.2. The van der Waals surface area contributed by atoms with Crippen LogP contribution in [0, 0.1) is 0 Å². The molecule has 1 aliphatic heterocycles. The van der Waals surface area contributed by atoms with Gasteiger partial charge in [0.1, 0.15) is 11.4 Å². The van der Waals surface area contributed by atoms with Crippen molar-refractivity contribution in [1.29, 1.82) is 0 Å². The van der Waals surface area contributed by atoms with Crippen LogP contribution in [-0.4, -0.2) is 27.3 Å². The molecule has 25 heavy (non-hydrogen) atoms. The van der Waals surface area contributed by atoms with Crippen LogP contribution in [0.2, 0.25) is 0 Å². The SMILES string of the molecule is CC1CC(Sc2nc(-c3ccccc3)c(-c3ccccc3)[nH]2)C(=O)O1. The minimum atomic E-state index is -0.201. The smallest absolute Gasteiger partial charge is 0.319 e. The van der Waals surface area contributed by atoms with E-state index in [9.17, 15) is 4.79 Å². The Bertz CT molecular complexity index is 820. The number of benzene rings is 2. The predicted octanol–water partition coefficient (Wildman–Crippen LogP) is 4.54. The molecule has 4 nitrogen and oxygen atoms in total. The van der Waals surface area contributed by atoms with Crippen LogP contribution in [0.1, 0.15) is 13.3 Å². The highest BCUT2D eigenvalue weighted by molar-refractivity contribution is 8.00. The third kappa shape index (κ3) is 3.33. The normalized spacial score (nSPS) is 19.8. The van der Waals surface area contributed by atoms with Crippen molar-refractivity contribution in [3.05, 3.63) is 60.7 Å². The number of hydrogen-bond donors (Lipinski definition) is 1. The fraction of sp³-hybridized carbons (Fsp3) is 0.200. The first kappa shape index (κ1) is 16.0. The molecule has 0 saturated carbocycles. The van der Waals surface area contributed by atoms with E-state index in [0.717, 1.165) is 27.7 Å². The molecule has 0 aliphatic carbocycles. The molecule has 2 heterocycles. The monoisotopic (exact) mass is 350 g/mol. The molecule has 5 heteroatoms. The largest absolute Gasteiger partial charge is 0.462 e. The minimum absolute atomic E-state index is 0.0258. The van der Waals surface area contributed by atoms with Gasteiger partial charge in [0.05, 0.1) is 11.4 Å². The van der Waals surface area contributed by atoms with Gasteiger partial charge in [-0.15, -0.1) is 0 Å². The number of esters is 1. The second-order valence-electron chi connectivity index (χ2n) is 6.09. The number of carbonyl (C=O) groups is 1. The minimum Gasteiger partial charge on any atom is -0.462 e. The molecule has 126 valence electrons. The molecule has 0 spiro atoms. The Morgan fingerprint density at radius 3 is 2.28 bits per heavy atom. The van der Waals surface area contributed by atoms with Gasteiger partial charge in [0, 0.05) is 17.5 Å². The molecule has 3 aromatic rings. The Morgan fingerprint density at radius 1 is 1.04 bits per heavy atom. The van der Waals surface area contributed by atoms with Gasteiger partial charge < -0.3 is 9.72 Å². The number of imidazole rings is 1. The van der Waals surface area contributed by atoms with Crippen LogP contribution in [0.15, 0.2) is 65.8 Å². The number of thioether (sulfide) groups is 1. The van der Waals surface area contributed by atoms with E-state index in [-0.39, 0.29) is 17.3 Å². The van der Waals surface area contributed by atoms with E-state index in [0.29, 0.717) is 6.42 Å². The molecule has 1 aromatic heterocycles. The molecule has 1 saturated heterocycles. The number of aromatic amines is 1. The third-order valence-corrected chi connectivity index (χ3v) is 5.26. The van der Waals surface area contributed by atoms with E-state index in [1.165, 1.54) is 11.8 Å². The first-order chi connectivity index (χ1) is 12.2. The van der Waals surface area contributed by atoms with Gasteiger partial charge in [-0.3, -0.25) is 4.79 Å². The molecule has 4 rings (SSSR count). The van der Waals surface area contributed by atoms with Crippen molar-refractivity contribution in [3.8, 4) is 22.5 Å². The number of carbonyl (C=O) groups excluding carboxylic acids is 1. The fourth-order valence-electron chi connectivity index (χ4n) is 2.98. The van der Waals surface area contributed by atoms with E-state index in [1.54, 1.807) is 0 Å². The quantitative estimate of drug-likeness (QED) is 0.702.